The second-order valence-corrected chi connectivity index (χ2v) is 3.46. The van der Waals surface area contributed by atoms with Gasteiger partial charge in [-0.2, -0.15) is 0 Å². The fraction of sp³-hybridized carbons (Fsp3) is 0.308. The molecule has 0 aliphatic heterocycles. The van der Waals surface area contributed by atoms with E-state index in [4.69, 9.17) is 5.73 Å². The molecule has 3 nitrogen and oxygen atoms in total. The third-order valence-corrected chi connectivity index (χ3v) is 2.13. The molecular weight excluding hydrogens is 198 g/mol. The van der Waals surface area contributed by atoms with Crippen molar-refractivity contribution in [2.75, 3.05) is 6.54 Å². The maximum Gasteiger partial charge on any atom is 0.0927 e. The summed E-state index contributed by atoms with van der Waals surface area (Å²) in [6, 6.07) is 10.1. The van der Waals surface area contributed by atoms with Crippen LogP contribution < -0.4 is 5.73 Å². The zero-order chi connectivity index (χ0) is 11.6. The standard InChI is InChI=1S/C9H8N2.C4H11N/c1-2-4-8(5-3-1)9-6-10-7-11-9;1-2-3-4-5/h1-7H,(H,10,11);2-5H2,1H3. The van der Waals surface area contributed by atoms with Gasteiger partial charge in [-0.15, -0.1) is 0 Å². The molecule has 2 aromatic rings. The van der Waals surface area contributed by atoms with Crippen LogP contribution in [0.15, 0.2) is 42.9 Å². The third-order valence-electron chi connectivity index (χ3n) is 2.13. The molecule has 0 bridgehead atoms. The zero-order valence-corrected chi connectivity index (χ0v) is 9.69. The van der Waals surface area contributed by atoms with Crippen molar-refractivity contribution in [2.24, 2.45) is 5.73 Å². The molecule has 0 saturated carbocycles. The number of imidazole rings is 1. The lowest BCUT2D eigenvalue weighted by Gasteiger charge is -1.92. The Bertz CT molecular complexity index is 352. The normalized spacial score (nSPS) is 9.38. The van der Waals surface area contributed by atoms with Crippen LogP contribution in [-0.2, 0) is 0 Å². The lowest BCUT2D eigenvalue weighted by atomic mass is 10.2. The minimum atomic E-state index is 0.844. The molecule has 16 heavy (non-hydrogen) atoms. The maximum atomic E-state index is 5.14. The third kappa shape index (κ3) is 4.28. The van der Waals surface area contributed by atoms with E-state index in [1.807, 2.05) is 36.5 Å². The average molecular weight is 217 g/mol. The molecule has 0 atom stereocenters. The Morgan fingerprint density at radius 1 is 1.25 bits per heavy atom. The van der Waals surface area contributed by atoms with Gasteiger partial charge in [-0.3, -0.25) is 0 Å². The molecule has 0 saturated heterocycles. The number of hydrogen-bond acceptors (Lipinski definition) is 2. The molecular formula is C13H19N3. The van der Waals surface area contributed by atoms with E-state index in [0.29, 0.717) is 0 Å². The highest BCUT2D eigenvalue weighted by atomic mass is 14.9. The van der Waals surface area contributed by atoms with E-state index in [9.17, 15) is 0 Å². The number of nitrogens with zero attached hydrogens (tertiary/aromatic N) is 1. The molecule has 2 rings (SSSR count). The zero-order valence-electron chi connectivity index (χ0n) is 9.69. The van der Waals surface area contributed by atoms with Crippen molar-refractivity contribution in [1.82, 2.24) is 9.97 Å². The molecule has 0 radical (unpaired) electrons. The summed E-state index contributed by atoms with van der Waals surface area (Å²) in [6.07, 6.45) is 5.95. The van der Waals surface area contributed by atoms with Gasteiger partial charge in [0, 0.05) is 11.8 Å². The molecule has 1 aromatic carbocycles. The van der Waals surface area contributed by atoms with Crippen LogP contribution in [0.3, 0.4) is 0 Å². The van der Waals surface area contributed by atoms with Crippen LogP contribution in [0.5, 0.6) is 0 Å². The second-order valence-electron chi connectivity index (χ2n) is 3.46. The van der Waals surface area contributed by atoms with E-state index < -0.39 is 0 Å². The Morgan fingerprint density at radius 3 is 2.44 bits per heavy atom. The fourth-order valence-corrected chi connectivity index (χ4v) is 1.23. The van der Waals surface area contributed by atoms with E-state index in [1.54, 1.807) is 6.33 Å². The summed E-state index contributed by atoms with van der Waals surface area (Å²) in [5.74, 6) is 0. The van der Waals surface area contributed by atoms with E-state index in [0.717, 1.165) is 17.8 Å². The Labute approximate surface area is 96.7 Å². The molecule has 0 aliphatic carbocycles. The molecule has 3 heteroatoms. The Morgan fingerprint density at radius 2 is 2.00 bits per heavy atom. The van der Waals surface area contributed by atoms with Crippen molar-refractivity contribution in [3.8, 4) is 11.3 Å². The van der Waals surface area contributed by atoms with E-state index in [-0.39, 0.29) is 0 Å². The monoisotopic (exact) mass is 217 g/mol. The van der Waals surface area contributed by atoms with Crippen LogP contribution in [-0.4, -0.2) is 16.5 Å². The van der Waals surface area contributed by atoms with Gasteiger partial charge in [-0.05, 0) is 13.0 Å². The summed E-state index contributed by atoms with van der Waals surface area (Å²) >= 11 is 0. The van der Waals surface area contributed by atoms with Crippen LogP contribution >= 0.6 is 0 Å². The van der Waals surface area contributed by atoms with Gasteiger partial charge >= 0.3 is 0 Å². The summed E-state index contributed by atoms with van der Waals surface area (Å²) in [6.45, 7) is 2.98. The first-order valence-corrected chi connectivity index (χ1v) is 5.62. The quantitative estimate of drug-likeness (QED) is 0.830. The van der Waals surface area contributed by atoms with Gasteiger partial charge in [0.2, 0.25) is 0 Å². The minimum absolute atomic E-state index is 0.844. The lowest BCUT2D eigenvalue weighted by molar-refractivity contribution is 0.807. The number of aromatic amines is 1. The summed E-state index contributed by atoms with van der Waals surface area (Å²) in [7, 11) is 0. The number of nitrogens with two attached hydrogens (primary N) is 1. The highest BCUT2D eigenvalue weighted by Crippen LogP contribution is 2.13. The predicted molar refractivity (Wildman–Crippen MR) is 68.0 cm³/mol. The van der Waals surface area contributed by atoms with Crippen LogP contribution in [0.4, 0.5) is 0 Å². The molecule has 0 fully saturated rings. The number of unbranched alkanes of at least 4 members (excludes halogenated alkanes) is 1. The Kier molecular flexibility index (Phi) is 5.96. The number of rotatable bonds is 3. The van der Waals surface area contributed by atoms with Crippen molar-refractivity contribution < 1.29 is 0 Å². The van der Waals surface area contributed by atoms with Crippen molar-refractivity contribution >= 4 is 0 Å². The van der Waals surface area contributed by atoms with Crippen LogP contribution in [0.2, 0.25) is 0 Å². The molecule has 1 aromatic heterocycles. The SMILES string of the molecule is CCCCN.c1ccc(-c2c[nH]cn2)cc1. The van der Waals surface area contributed by atoms with Gasteiger partial charge in [-0.25, -0.2) is 4.98 Å². The van der Waals surface area contributed by atoms with Gasteiger partial charge in [-0.1, -0.05) is 43.7 Å². The lowest BCUT2D eigenvalue weighted by Crippen LogP contribution is -1.95. The number of aromatic nitrogens is 2. The first-order chi connectivity index (χ1) is 7.88. The maximum absolute atomic E-state index is 5.14. The summed E-state index contributed by atoms with van der Waals surface area (Å²) in [5, 5.41) is 0. The van der Waals surface area contributed by atoms with Crippen LogP contribution in [0.1, 0.15) is 19.8 Å². The number of hydrogen-bond donors (Lipinski definition) is 2. The Balaban J connectivity index is 0.000000221. The van der Waals surface area contributed by atoms with E-state index in [2.05, 4.69) is 16.9 Å². The van der Waals surface area contributed by atoms with E-state index >= 15 is 0 Å². The topological polar surface area (TPSA) is 54.7 Å². The summed E-state index contributed by atoms with van der Waals surface area (Å²) in [4.78, 5) is 7.05. The predicted octanol–water partition coefficient (Wildman–Crippen LogP) is 2.82. The second kappa shape index (κ2) is 7.65. The minimum Gasteiger partial charge on any atom is -0.351 e. The van der Waals surface area contributed by atoms with Gasteiger partial charge in [0.15, 0.2) is 0 Å². The number of benzene rings is 1. The fourth-order valence-electron chi connectivity index (χ4n) is 1.23. The van der Waals surface area contributed by atoms with Gasteiger partial charge in [0.05, 0.1) is 12.0 Å². The van der Waals surface area contributed by atoms with Crippen molar-refractivity contribution in [2.45, 2.75) is 19.8 Å². The molecule has 0 unspecified atom stereocenters. The van der Waals surface area contributed by atoms with Crippen LogP contribution in [0.25, 0.3) is 11.3 Å². The van der Waals surface area contributed by atoms with Crippen molar-refractivity contribution in [3.05, 3.63) is 42.9 Å². The first-order valence-electron chi connectivity index (χ1n) is 5.62. The molecule has 0 aliphatic rings. The molecule has 3 N–H and O–H groups in total. The largest absolute Gasteiger partial charge is 0.351 e. The number of nitrogens with one attached hydrogen (secondary N) is 1. The number of H-pyrrole nitrogens is 1. The molecule has 1 heterocycles. The highest BCUT2D eigenvalue weighted by Gasteiger charge is 1.94. The average Bonchev–Trinajstić information content (AvgIpc) is 2.86. The molecule has 0 spiro atoms. The molecule has 0 amide bonds. The highest BCUT2D eigenvalue weighted by molar-refractivity contribution is 5.57. The smallest absolute Gasteiger partial charge is 0.0927 e. The van der Waals surface area contributed by atoms with Crippen molar-refractivity contribution in [1.29, 1.82) is 0 Å². The Hall–Kier alpha value is -1.61. The van der Waals surface area contributed by atoms with Gasteiger partial charge in [0.25, 0.3) is 0 Å². The summed E-state index contributed by atoms with van der Waals surface area (Å²) in [5.41, 5.74) is 7.28. The first kappa shape index (κ1) is 12.5. The van der Waals surface area contributed by atoms with Crippen LogP contribution in [0, 0.1) is 0 Å². The van der Waals surface area contributed by atoms with Gasteiger partial charge in [0.1, 0.15) is 0 Å². The van der Waals surface area contributed by atoms with E-state index in [1.165, 1.54) is 12.8 Å². The van der Waals surface area contributed by atoms with Crippen molar-refractivity contribution in [3.63, 3.8) is 0 Å². The van der Waals surface area contributed by atoms with Gasteiger partial charge < -0.3 is 10.7 Å². The summed E-state index contributed by atoms with van der Waals surface area (Å²) < 4.78 is 0. The molecule has 86 valence electrons.